The third kappa shape index (κ3) is 4.14. The first-order chi connectivity index (χ1) is 11.3. The van der Waals surface area contributed by atoms with E-state index in [1.165, 1.54) is 24.3 Å². The average Bonchev–Trinajstić information content (AvgIpc) is 2.52. The summed E-state index contributed by atoms with van der Waals surface area (Å²) in [4.78, 5) is 33.9. The fourth-order valence-corrected chi connectivity index (χ4v) is 2.48. The number of amides is 2. The largest absolute Gasteiger partial charge is 0.271 e. The van der Waals surface area contributed by atoms with Crippen molar-refractivity contribution in [1.82, 2.24) is 10.9 Å². The number of carbonyl (C=O) groups is 2. The fraction of sp³-hybridized carbons (Fsp3) is 0. The molecule has 0 fully saturated rings. The fourth-order valence-electron chi connectivity index (χ4n) is 1.72. The van der Waals surface area contributed by atoms with Crippen LogP contribution in [0.4, 0.5) is 5.69 Å². The molecule has 0 aliphatic heterocycles. The number of halogens is 3. The highest BCUT2D eigenvalue weighted by molar-refractivity contribution is 6.37. The van der Waals surface area contributed by atoms with Crippen molar-refractivity contribution in [2.24, 2.45) is 0 Å². The van der Waals surface area contributed by atoms with Gasteiger partial charge >= 0.3 is 0 Å². The molecule has 10 heteroatoms. The van der Waals surface area contributed by atoms with E-state index in [4.69, 9.17) is 34.8 Å². The van der Waals surface area contributed by atoms with Crippen LogP contribution in [0.15, 0.2) is 36.4 Å². The Morgan fingerprint density at radius 2 is 1.38 bits per heavy atom. The monoisotopic (exact) mass is 387 g/mol. The Bertz CT molecular complexity index is 842. The number of benzene rings is 2. The summed E-state index contributed by atoms with van der Waals surface area (Å²) in [6.07, 6.45) is 0. The Kier molecular flexibility index (Phi) is 5.61. The first-order valence-corrected chi connectivity index (χ1v) is 7.42. The molecule has 7 nitrogen and oxygen atoms in total. The van der Waals surface area contributed by atoms with Crippen molar-refractivity contribution in [3.8, 4) is 0 Å². The molecule has 0 aliphatic rings. The van der Waals surface area contributed by atoms with Crippen LogP contribution < -0.4 is 10.9 Å². The molecule has 0 heterocycles. The summed E-state index contributed by atoms with van der Waals surface area (Å²) in [5.41, 5.74) is 4.12. The molecule has 0 aromatic heterocycles. The minimum Gasteiger partial charge on any atom is -0.267 e. The summed E-state index contributed by atoms with van der Waals surface area (Å²) in [6.45, 7) is 0. The summed E-state index contributed by atoms with van der Waals surface area (Å²) in [6, 6.07) is 7.58. The number of hydrazine groups is 1. The van der Waals surface area contributed by atoms with E-state index in [1.54, 1.807) is 0 Å². The third-order valence-corrected chi connectivity index (χ3v) is 3.73. The molecular formula is C14H8Cl3N3O4. The van der Waals surface area contributed by atoms with Crippen LogP contribution >= 0.6 is 34.8 Å². The summed E-state index contributed by atoms with van der Waals surface area (Å²) in [5.74, 6) is -1.41. The second-order valence-electron chi connectivity index (χ2n) is 4.45. The minimum atomic E-state index is -0.742. The summed E-state index contributed by atoms with van der Waals surface area (Å²) in [5, 5.41) is 11.0. The van der Waals surface area contributed by atoms with E-state index >= 15 is 0 Å². The Labute approximate surface area is 150 Å². The third-order valence-electron chi connectivity index (χ3n) is 2.87. The molecule has 2 N–H and O–H groups in total. The van der Waals surface area contributed by atoms with E-state index < -0.39 is 16.7 Å². The second kappa shape index (κ2) is 7.48. The molecule has 124 valence electrons. The molecule has 2 rings (SSSR count). The van der Waals surface area contributed by atoms with E-state index in [0.29, 0.717) is 5.02 Å². The number of rotatable bonds is 3. The molecule has 2 aromatic rings. The van der Waals surface area contributed by atoms with Gasteiger partial charge < -0.3 is 0 Å². The van der Waals surface area contributed by atoms with E-state index in [2.05, 4.69) is 10.9 Å². The Morgan fingerprint density at radius 1 is 0.875 bits per heavy atom. The van der Waals surface area contributed by atoms with Crippen molar-refractivity contribution in [2.45, 2.75) is 0 Å². The summed E-state index contributed by atoms with van der Waals surface area (Å²) in [7, 11) is 0. The van der Waals surface area contributed by atoms with Crippen molar-refractivity contribution in [3.05, 3.63) is 72.7 Å². The van der Waals surface area contributed by atoms with Gasteiger partial charge in [-0.25, -0.2) is 0 Å². The van der Waals surface area contributed by atoms with Gasteiger partial charge in [-0.15, -0.1) is 0 Å². The van der Waals surface area contributed by atoms with E-state index in [9.17, 15) is 19.7 Å². The SMILES string of the molecule is O=C(NNC(=O)c1ccc([N+](=O)[O-])cc1Cl)c1ccc(Cl)cc1Cl. The van der Waals surface area contributed by atoms with Crippen molar-refractivity contribution >= 4 is 52.3 Å². The number of nitro benzene ring substituents is 1. The van der Waals surface area contributed by atoms with Crippen LogP contribution in [0.1, 0.15) is 20.7 Å². The molecule has 2 amide bonds. The van der Waals surface area contributed by atoms with Crippen LogP contribution in [0.3, 0.4) is 0 Å². The predicted molar refractivity (Wildman–Crippen MR) is 89.5 cm³/mol. The highest BCUT2D eigenvalue weighted by Gasteiger charge is 2.16. The molecule has 0 unspecified atom stereocenters. The van der Waals surface area contributed by atoms with Gasteiger partial charge in [0.15, 0.2) is 0 Å². The van der Waals surface area contributed by atoms with Crippen molar-refractivity contribution in [3.63, 3.8) is 0 Å². The van der Waals surface area contributed by atoms with Gasteiger partial charge in [-0.1, -0.05) is 34.8 Å². The Balaban J connectivity index is 2.07. The van der Waals surface area contributed by atoms with Gasteiger partial charge in [0, 0.05) is 17.2 Å². The molecule has 24 heavy (non-hydrogen) atoms. The van der Waals surface area contributed by atoms with Crippen LogP contribution in [0.5, 0.6) is 0 Å². The lowest BCUT2D eigenvalue weighted by Gasteiger charge is -2.09. The quantitative estimate of drug-likeness (QED) is 0.619. The van der Waals surface area contributed by atoms with E-state index in [-0.39, 0.29) is 26.9 Å². The molecule has 0 bridgehead atoms. The number of non-ortho nitro benzene ring substituents is 1. The topological polar surface area (TPSA) is 101 Å². The van der Waals surface area contributed by atoms with Crippen molar-refractivity contribution in [2.75, 3.05) is 0 Å². The number of hydrogen-bond donors (Lipinski definition) is 2. The normalized spacial score (nSPS) is 10.1. The summed E-state index contributed by atoms with van der Waals surface area (Å²) >= 11 is 17.4. The Hall–Kier alpha value is -2.35. The van der Waals surface area contributed by atoms with E-state index in [0.717, 1.165) is 12.1 Å². The van der Waals surface area contributed by atoms with Crippen molar-refractivity contribution in [1.29, 1.82) is 0 Å². The Morgan fingerprint density at radius 3 is 1.83 bits per heavy atom. The maximum Gasteiger partial charge on any atom is 0.271 e. The maximum absolute atomic E-state index is 12.0. The highest BCUT2D eigenvalue weighted by Crippen LogP contribution is 2.23. The first-order valence-electron chi connectivity index (χ1n) is 6.29. The number of nitrogens with zero attached hydrogens (tertiary/aromatic N) is 1. The molecule has 0 aliphatic carbocycles. The molecule has 0 spiro atoms. The van der Waals surface area contributed by atoms with Gasteiger partial charge in [0.1, 0.15) is 0 Å². The number of nitrogens with one attached hydrogen (secondary N) is 2. The van der Waals surface area contributed by atoms with Crippen LogP contribution in [0, 0.1) is 10.1 Å². The van der Waals surface area contributed by atoms with Crippen LogP contribution in [0.25, 0.3) is 0 Å². The van der Waals surface area contributed by atoms with E-state index in [1.807, 2.05) is 0 Å². The minimum absolute atomic E-state index is 0.0373. The van der Waals surface area contributed by atoms with Crippen molar-refractivity contribution < 1.29 is 14.5 Å². The highest BCUT2D eigenvalue weighted by atomic mass is 35.5. The van der Waals surface area contributed by atoms with Crippen LogP contribution in [0.2, 0.25) is 15.1 Å². The molecular weight excluding hydrogens is 381 g/mol. The molecule has 0 saturated heterocycles. The smallest absolute Gasteiger partial charge is 0.267 e. The van der Waals surface area contributed by atoms with Gasteiger partial charge in [-0.2, -0.15) is 0 Å². The molecule has 2 aromatic carbocycles. The standard InChI is InChI=1S/C14H8Cl3N3O4/c15-7-1-3-9(11(16)5-7)13(21)18-19-14(22)10-4-2-8(20(23)24)6-12(10)17/h1-6H,(H,18,21)(H,19,22). The van der Waals surface area contributed by atoms with Crippen LogP contribution in [-0.4, -0.2) is 16.7 Å². The van der Waals surface area contributed by atoms with Gasteiger partial charge in [-0.05, 0) is 24.3 Å². The van der Waals surface area contributed by atoms with Gasteiger partial charge in [0.2, 0.25) is 0 Å². The zero-order chi connectivity index (χ0) is 17.9. The zero-order valence-electron chi connectivity index (χ0n) is 11.7. The molecule has 0 radical (unpaired) electrons. The lowest BCUT2D eigenvalue weighted by molar-refractivity contribution is -0.384. The zero-order valence-corrected chi connectivity index (χ0v) is 13.9. The van der Waals surface area contributed by atoms with Crippen LogP contribution in [-0.2, 0) is 0 Å². The van der Waals surface area contributed by atoms with Gasteiger partial charge in [0.25, 0.3) is 17.5 Å². The summed E-state index contributed by atoms with van der Waals surface area (Å²) < 4.78 is 0. The second-order valence-corrected chi connectivity index (χ2v) is 5.70. The number of hydrogen-bond acceptors (Lipinski definition) is 4. The lowest BCUT2D eigenvalue weighted by atomic mass is 10.2. The average molecular weight is 389 g/mol. The number of carbonyl (C=O) groups excluding carboxylic acids is 2. The molecule has 0 saturated carbocycles. The molecule has 0 atom stereocenters. The maximum atomic E-state index is 12.0. The van der Waals surface area contributed by atoms with Gasteiger partial charge in [-0.3, -0.25) is 30.6 Å². The first kappa shape index (κ1) is 18.0. The number of nitro groups is 1. The predicted octanol–water partition coefficient (Wildman–Crippen LogP) is 3.63. The van der Waals surface area contributed by atoms with Gasteiger partial charge in [0.05, 0.1) is 26.1 Å². The lowest BCUT2D eigenvalue weighted by Crippen LogP contribution is -2.41.